The van der Waals surface area contributed by atoms with Crippen LogP contribution in [0, 0.1) is 23.0 Å². The Morgan fingerprint density at radius 3 is 2.45 bits per heavy atom. The van der Waals surface area contributed by atoms with Crippen LogP contribution in [0.5, 0.6) is 0 Å². The summed E-state index contributed by atoms with van der Waals surface area (Å²) in [5.74, 6) is -1.39. The molecule has 0 amide bonds. The van der Waals surface area contributed by atoms with Crippen molar-refractivity contribution in [1.82, 2.24) is 4.72 Å². The highest BCUT2D eigenvalue weighted by molar-refractivity contribution is 7.89. The maximum Gasteiger partial charge on any atom is 0.321 e. The first kappa shape index (κ1) is 18.1. The molecule has 22 heavy (non-hydrogen) atoms. The third kappa shape index (κ3) is 4.25. The molecule has 2 N–H and O–H groups in total. The van der Waals surface area contributed by atoms with Crippen LogP contribution >= 0.6 is 0 Å². The van der Waals surface area contributed by atoms with Gasteiger partial charge in [-0.2, -0.15) is 4.72 Å². The normalized spacial score (nSPS) is 13.1. The zero-order valence-electron chi connectivity index (χ0n) is 12.4. The van der Waals surface area contributed by atoms with Crippen LogP contribution in [-0.2, 0) is 14.8 Å². The lowest BCUT2D eigenvalue weighted by molar-refractivity contribution is -0.387. The van der Waals surface area contributed by atoms with Crippen LogP contribution < -0.4 is 4.72 Å². The third-order valence-electron chi connectivity index (χ3n) is 2.96. The topological polar surface area (TPSA) is 127 Å². The van der Waals surface area contributed by atoms with Crippen LogP contribution in [0.4, 0.5) is 5.69 Å². The maximum atomic E-state index is 12.4. The van der Waals surface area contributed by atoms with Gasteiger partial charge in [0.15, 0.2) is 4.90 Å². The van der Waals surface area contributed by atoms with Crippen molar-refractivity contribution in [3.05, 3.63) is 33.9 Å². The van der Waals surface area contributed by atoms with Crippen molar-refractivity contribution < 1.29 is 23.2 Å². The molecule has 1 aromatic carbocycles. The van der Waals surface area contributed by atoms with Crippen LogP contribution in [0.15, 0.2) is 23.1 Å². The van der Waals surface area contributed by atoms with Crippen molar-refractivity contribution in [1.29, 1.82) is 0 Å². The molecule has 0 spiro atoms. The molecule has 122 valence electrons. The number of carbonyl (C=O) groups is 1. The van der Waals surface area contributed by atoms with E-state index in [1.807, 2.05) is 4.72 Å². The Morgan fingerprint density at radius 2 is 2.00 bits per heavy atom. The van der Waals surface area contributed by atoms with Gasteiger partial charge in [-0.1, -0.05) is 26.0 Å². The van der Waals surface area contributed by atoms with Crippen molar-refractivity contribution in [3.63, 3.8) is 0 Å². The first-order valence-corrected chi connectivity index (χ1v) is 8.03. The summed E-state index contributed by atoms with van der Waals surface area (Å²) in [6, 6.07) is 2.51. The Labute approximate surface area is 128 Å². The first-order chi connectivity index (χ1) is 10.1. The average Bonchev–Trinajstić information content (AvgIpc) is 2.36. The van der Waals surface area contributed by atoms with E-state index in [-0.39, 0.29) is 17.9 Å². The smallest absolute Gasteiger partial charge is 0.321 e. The number of rotatable bonds is 7. The molecule has 0 saturated carbocycles. The minimum Gasteiger partial charge on any atom is -0.480 e. The van der Waals surface area contributed by atoms with E-state index in [9.17, 15) is 23.3 Å². The molecule has 1 atom stereocenters. The summed E-state index contributed by atoms with van der Waals surface area (Å²) in [5, 5.41) is 20.1. The van der Waals surface area contributed by atoms with Gasteiger partial charge < -0.3 is 5.11 Å². The predicted octanol–water partition coefficient (Wildman–Crippen LogP) is 1.68. The fraction of sp³-hybridized carbons (Fsp3) is 0.462. The standard InChI is InChI=1S/C13H18N2O6S/c1-8(2)7-10(13(16)17)14-22(20,21)12-9(3)5-4-6-11(12)15(18)19/h4-6,8,10,14H,7H2,1-3H3,(H,16,17). The Balaban J connectivity index is 3.30. The number of hydrogen-bond donors (Lipinski definition) is 2. The summed E-state index contributed by atoms with van der Waals surface area (Å²) in [4.78, 5) is 20.9. The van der Waals surface area contributed by atoms with Crippen molar-refractivity contribution >= 4 is 21.7 Å². The lowest BCUT2D eigenvalue weighted by Gasteiger charge is -2.17. The van der Waals surface area contributed by atoms with Crippen molar-refractivity contribution in [2.45, 2.75) is 38.1 Å². The predicted molar refractivity (Wildman–Crippen MR) is 79.0 cm³/mol. The molecule has 0 aliphatic heterocycles. The van der Waals surface area contributed by atoms with Gasteiger partial charge in [0.05, 0.1) is 4.92 Å². The number of nitro benzene ring substituents is 1. The zero-order chi connectivity index (χ0) is 17.1. The second kappa shape index (κ2) is 6.84. The average molecular weight is 330 g/mol. The van der Waals surface area contributed by atoms with Gasteiger partial charge in [0.25, 0.3) is 5.69 Å². The van der Waals surface area contributed by atoms with E-state index >= 15 is 0 Å². The molecule has 0 aliphatic rings. The quantitative estimate of drug-likeness (QED) is 0.578. The van der Waals surface area contributed by atoms with E-state index < -0.39 is 37.5 Å². The van der Waals surface area contributed by atoms with Crippen LogP contribution in [0.3, 0.4) is 0 Å². The number of nitrogens with one attached hydrogen (secondary N) is 1. The number of carboxylic acid groups (broad SMARTS) is 1. The van der Waals surface area contributed by atoms with Gasteiger partial charge in [-0.05, 0) is 24.8 Å². The van der Waals surface area contributed by atoms with E-state index in [4.69, 9.17) is 5.11 Å². The number of nitro groups is 1. The molecule has 1 rings (SSSR count). The third-order valence-corrected chi connectivity index (χ3v) is 4.62. The SMILES string of the molecule is Cc1cccc([N+](=O)[O-])c1S(=O)(=O)NC(CC(C)C)C(=O)O. The zero-order valence-corrected chi connectivity index (χ0v) is 13.3. The fourth-order valence-electron chi connectivity index (χ4n) is 2.05. The van der Waals surface area contributed by atoms with E-state index in [0.29, 0.717) is 0 Å². The molecule has 0 bridgehead atoms. The summed E-state index contributed by atoms with van der Waals surface area (Å²) in [7, 11) is -4.33. The minimum absolute atomic E-state index is 0.0596. The molecular formula is C13H18N2O6S. The van der Waals surface area contributed by atoms with Crippen LogP contribution in [0.25, 0.3) is 0 Å². The number of aryl methyl sites for hydroxylation is 1. The molecule has 1 aromatic rings. The highest BCUT2D eigenvalue weighted by Gasteiger charge is 2.32. The molecule has 8 nitrogen and oxygen atoms in total. The Kier molecular flexibility index (Phi) is 5.61. The summed E-state index contributed by atoms with van der Waals surface area (Å²) >= 11 is 0. The molecule has 0 aliphatic carbocycles. The Morgan fingerprint density at radius 1 is 1.41 bits per heavy atom. The fourth-order valence-corrected chi connectivity index (χ4v) is 3.65. The summed E-state index contributed by atoms with van der Waals surface area (Å²) < 4.78 is 26.8. The van der Waals surface area contributed by atoms with Crippen molar-refractivity contribution in [2.24, 2.45) is 5.92 Å². The van der Waals surface area contributed by atoms with E-state index in [2.05, 4.69) is 0 Å². The van der Waals surface area contributed by atoms with Gasteiger partial charge in [-0.15, -0.1) is 0 Å². The Bertz CT molecular complexity index is 684. The summed E-state index contributed by atoms with van der Waals surface area (Å²) in [6.07, 6.45) is 0.0776. The molecular weight excluding hydrogens is 312 g/mol. The van der Waals surface area contributed by atoms with E-state index in [1.165, 1.54) is 19.1 Å². The monoisotopic (exact) mass is 330 g/mol. The van der Waals surface area contributed by atoms with E-state index in [0.717, 1.165) is 6.07 Å². The van der Waals surface area contributed by atoms with Gasteiger partial charge in [0.2, 0.25) is 10.0 Å². The number of sulfonamides is 1. The Hall–Kier alpha value is -2.00. The lowest BCUT2D eigenvalue weighted by atomic mass is 10.1. The number of benzene rings is 1. The van der Waals surface area contributed by atoms with Crippen LogP contribution in [0.1, 0.15) is 25.8 Å². The summed E-state index contributed by atoms with van der Waals surface area (Å²) in [6.45, 7) is 4.92. The van der Waals surface area contributed by atoms with Gasteiger partial charge in [0.1, 0.15) is 6.04 Å². The number of nitrogens with zero attached hydrogens (tertiary/aromatic N) is 1. The first-order valence-electron chi connectivity index (χ1n) is 6.55. The van der Waals surface area contributed by atoms with Crippen LogP contribution in [-0.4, -0.2) is 30.5 Å². The lowest BCUT2D eigenvalue weighted by Crippen LogP contribution is -2.41. The molecule has 0 heterocycles. The second-order valence-corrected chi connectivity index (χ2v) is 6.97. The number of aliphatic carboxylic acids is 1. The molecule has 0 aromatic heterocycles. The summed E-state index contributed by atoms with van der Waals surface area (Å²) in [5.41, 5.74) is -0.406. The number of carboxylic acids is 1. The maximum absolute atomic E-state index is 12.4. The molecule has 0 saturated heterocycles. The molecule has 0 fully saturated rings. The van der Waals surface area contributed by atoms with Crippen LogP contribution in [0.2, 0.25) is 0 Å². The second-order valence-electron chi connectivity index (χ2n) is 5.32. The molecule has 0 radical (unpaired) electrons. The van der Waals surface area contributed by atoms with Gasteiger partial charge >= 0.3 is 5.97 Å². The van der Waals surface area contributed by atoms with Gasteiger partial charge in [0, 0.05) is 6.07 Å². The highest BCUT2D eigenvalue weighted by Crippen LogP contribution is 2.27. The molecule has 1 unspecified atom stereocenters. The van der Waals surface area contributed by atoms with Gasteiger partial charge in [-0.3, -0.25) is 14.9 Å². The highest BCUT2D eigenvalue weighted by atomic mass is 32.2. The van der Waals surface area contributed by atoms with Crippen molar-refractivity contribution in [2.75, 3.05) is 0 Å². The number of hydrogen-bond acceptors (Lipinski definition) is 5. The largest absolute Gasteiger partial charge is 0.480 e. The minimum atomic E-state index is -4.33. The van der Waals surface area contributed by atoms with Gasteiger partial charge in [-0.25, -0.2) is 8.42 Å². The molecule has 9 heteroatoms. The van der Waals surface area contributed by atoms with Crippen molar-refractivity contribution in [3.8, 4) is 0 Å². The van der Waals surface area contributed by atoms with E-state index in [1.54, 1.807) is 13.8 Å².